The van der Waals surface area contributed by atoms with Crippen LogP contribution in [0.1, 0.15) is 12.8 Å². The summed E-state index contributed by atoms with van der Waals surface area (Å²) in [6.45, 7) is 0.734. The van der Waals surface area contributed by atoms with E-state index in [1.165, 1.54) is 12.8 Å². The molecule has 1 fully saturated rings. The number of hydrogen-bond acceptors (Lipinski definition) is 3. The molecule has 1 aliphatic rings. The summed E-state index contributed by atoms with van der Waals surface area (Å²) >= 11 is 5.91. The molecule has 0 aliphatic heterocycles. The molecule has 0 unspecified atom stereocenters. The van der Waals surface area contributed by atoms with Crippen LogP contribution in [0, 0.1) is 5.92 Å². The molecule has 2 N–H and O–H groups in total. The molecular formula is C15H15ClN2O. The van der Waals surface area contributed by atoms with Crippen LogP contribution in [0.4, 0.5) is 5.69 Å². The molecule has 1 aromatic carbocycles. The van der Waals surface area contributed by atoms with Gasteiger partial charge in [0.1, 0.15) is 0 Å². The maximum absolute atomic E-state index is 5.91. The van der Waals surface area contributed by atoms with Crippen LogP contribution in [0.5, 0.6) is 5.88 Å². The van der Waals surface area contributed by atoms with Gasteiger partial charge in [0.05, 0.1) is 18.5 Å². The fraction of sp³-hybridized carbons (Fsp3) is 0.267. The Morgan fingerprint density at radius 2 is 2.00 bits per heavy atom. The Bertz CT molecular complexity index is 579. The van der Waals surface area contributed by atoms with Crippen molar-refractivity contribution >= 4 is 17.3 Å². The summed E-state index contributed by atoms with van der Waals surface area (Å²) in [5, 5.41) is 0.709. The van der Waals surface area contributed by atoms with Crippen molar-refractivity contribution in [2.75, 3.05) is 12.3 Å². The first-order valence-electron chi connectivity index (χ1n) is 6.36. The number of aromatic nitrogens is 1. The summed E-state index contributed by atoms with van der Waals surface area (Å²) in [5.74, 6) is 1.33. The molecule has 0 bridgehead atoms. The van der Waals surface area contributed by atoms with E-state index in [0.29, 0.717) is 22.5 Å². The summed E-state index contributed by atoms with van der Waals surface area (Å²) in [6, 6.07) is 9.49. The van der Waals surface area contributed by atoms with Gasteiger partial charge in [0.25, 0.3) is 0 Å². The molecule has 0 spiro atoms. The van der Waals surface area contributed by atoms with E-state index in [0.717, 1.165) is 17.7 Å². The van der Waals surface area contributed by atoms with Gasteiger partial charge in [-0.05, 0) is 42.5 Å². The Hall–Kier alpha value is -1.74. The first-order chi connectivity index (χ1) is 9.22. The second-order valence-corrected chi connectivity index (χ2v) is 5.32. The molecule has 0 saturated heterocycles. The molecule has 98 valence electrons. The highest BCUT2D eigenvalue weighted by atomic mass is 35.5. The molecule has 3 nitrogen and oxygen atoms in total. The molecular weight excluding hydrogens is 260 g/mol. The third kappa shape index (κ3) is 2.99. The number of halogens is 1. The number of rotatable bonds is 4. The van der Waals surface area contributed by atoms with Crippen LogP contribution in [0.3, 0.4) is 0 Å². The molecule has 1 heterocycles. The largest absolute Gasteiger partial charge is 0.477 e. The lowest BCUT2D eigenvalue weighted by atomic mass is 10.1. The first-order valence-corrected chi connectivity index (χ1v) is 6.74. The predicted octanol–water partition coefficient (Wildman–Crippen LogP) is 3.77. The van der Waals surface area contributed by atoms with Crippen molar-refractivity contribution in [1.29, 1.82) is 0 Å². The molecule has 1 aromatic heterocycles. The van der Waals surface area contributed by atoms with Crippen molar-refractivity contribution in [3.05, 3.63) is 41.6 Å². The van der Waals surface area contributed by atoms with Crippen molar-refractivity contribution < 1.29 is 4.74 Å². The van der Waals surface area contributed by atoms with Gasteiger partial charge in [-0.2, -0.15) is 0 Å². The second kappa shape index (κ2) is 5.10. The van der Waals surface area contributed by atoms with Crippen molar-refractivity contribution in [3.8, 4) is 17.0 Å². The lowest BCUT2D eigenvalue weighted by Crippen LogP contribution is -2.03. The molecule has 2 aromatic rings. The van der Waals surface area contributed by atoms with E-state index >= 15 is 0 Å². The van der Waals surface area contributed by atoms with Gasteiger partial charge in [-0.15, -0.1) is 0 Å². The molecule has 0 atom stereocenters. The maximum atomic E-state index is 5.91. The maximum Gasteiger partial charge on any atom is 0.221 e. The Labute approximate surface area is 117 Å². The molecule has 19 heavy (non-hydrogen) atoms. The number of benzene rings is 1. The van der Waals surface area contributed by atoms with Gasteiger partial charge in [0, 0.05) is 10.6 Å². The third-order valence-electron chi connectivity index (χ3n) is 3.18. The average molecular weight is 275 g/mol. The normalized spacial score (nSPS) is 14.4. The van der Waals surface area contributed by atoms with E-state index < -0.39 is 0 Å². The topological polar surface area (TPSA) is 48.1 Å². The van der Waals surface area contributed by atoms with Gasteiger partial charge in [0.2, 0.25) is 5.88 Å². The van der Waals surface area contributed by atoms with Gasteiger partial charge in [-0.25, -0.2) is 4.98 Å². The van der Waals surface area contributed by atoms with E-state index in [9.17, 15) is 0 Å². The van der Waals surface area contributed by atoms with E-state index in [1.807, 2.05) is 30.3 Å². The fourth-order valence-corrected chi connectivity index (χ4v) is 2.03. The van der Waals surface area contributed by atoms with E-state index in [1.54, 1.807) is 6.20 Å². The number of pyridine rings is 1. The number of nitrogens with zero attached hydrogens (tertiary/aromatic N) is 1. The molecule has 0 radical (unpaired) electrons. The minimum Gasteiger partial charge on any atom is -0.477 e. The zero-order valence-corrected chi connectivity index (χ0v) is 11.2. The molecule has 4 heteroatoms. The van der Waals surface area contributed by atoms with Crippen molar-refractivity contribution in [3.63, 3.8) is 0 Å². The minimum absolute atomic E-state index is 0.628. The molecule has 1 saturated carbocycles. The lowest BCUT2D eigenvalue weighted by molar-refractivity contribution is 0.290. The van der Waals surface area contributed by atoms with Crippen molar-refractivity contribution in [1.82, 2.24) is 4.98 Å². The Balaban J connectivity index is 1.92. The average Bonchev–Trinajstić information content (AvgIpc) is 3.22. The predicted molar refractivity (Wildman–Crippen MR) is 77.3 cm³/mol. The fourth-order valence-electron chi connectivity index (χ4n) is 1.90. The van der Waals surface area contributed by atoms with Crippen molar-refractivity contribution in [2.45, 2.75) is 12.8 Å². The first kappa shape index (κ1) is 12.3. The van der Waals surface area contributed by atoms with Crippen LogP contribution >= 0.6 is 11.6 Å². The van der Waals surface area contributed by atoms with Crippen LogP contribution in [0.2, 0.25) is 5.02 Å². The minimum atomic E-state index is 0.628. The van der Waals surface area contributed by atoms with Crippen LogP contribution in [0.25, 0.3) is 11.1 Å². The SMILES string of the molecule is Nc1cnc(OCC2CC2)c(-c2ccc(Cl)cc2)c1. The second-order valence-electron chi connectivity index (χ2n) is 4.88. The van der Waals surface area contributed by atoms with E-state index in [-0.39, 0.29) is 0 Å². The monoisotopic (exact) mass is 274 g/mol. The van der Waals surface area contributed by atoms with Gasteiger partial charge in [-0.3, -0.25) is 0 Å². The zero-order chi connectivity index (χ0) is 13.2. The summed E-state index contributed by atoms with van der Waals surface area (Å²) in [7, 11) is 0. The van der Waals surface area contributed by atoms with Gasteiger partial charge in [0.15, 0.2) is 0 Å². The van der Waals surface area contributed by atoms with E-state index in [4.69, 9.17) is 22.1 Å². The number of nitrogen functional groups attached to an aromatic ring is 1. The lowest BCUT2D eigenvalue weighted by Gasteiger charge is -2.11. The number of nitrogens with two attached hydrogens (primary N) is 1. The molecule has 3 rings (SSSR count). The van der Waals surface area contributed by atoms with Crippen LogP contribution < -0.4 is 10.5 Å². The molecule has 0 amide bonds. The highest BCUT2D eigenvalue weighted by molar-refractivity contribution is 6.30. The summed E-state index contributed by atoms with van der Waals surface area (Å²) in [6.07, 6.45) is 4.14. The van der Waals surface area contributed by atoms with Crippen LogP contribution in [-0.4, -0.2) is 11.6 Å². The molecule has 1 aliphatic carbocycles. The van der Waals surface area contributed by atoms with Gasteiger partial charge >= 0.3 is 0 Å². The summed E-state index contributed by atoms with van der Waals surface area (Å²) < 4.78 is 5.80. The highest BCUT2D eigenvalue weighted by Gasteiger charge is 2.22. The smallest absolute Gasteiger partial charge is 0.221 e. The zero-order valence-electron chi connectivity index (χ0n) is 10.5. The number of ether oxygens (including phenoxy) is 1. The van der Waals surface area contributed by atoms with Crippen molar-refractivity contribution in [2.24, 2.45) is 5.92 Å². The van der Waals surface area contributed by atoms with Crippen LogP contribution in [-0.2, 0) is 0 Å². The Kier molecular flexibility index (Phi) is 3.30. The van der Waals surface area contributed by atoms with E-state index in [2.05, 4.69) is 4.98 Å². The Morgan fingerprint density at radius 1 is 1.26 bits per heavy atom. The number of anilines is 1. The highest BCUT2D eigenvalue weighted by Crippen LogP contribution is 2.33. The quantitative estimate of drug-likeness (QED) is 0.923. The summed E-state index contributed by atoms with van der Waals surface area (Å²) in [4.78, 5) is 4.30. The number of hydrogen-bond donors (Lipinski definition) is 1. The standard InChI is InChI=1S/C15H15ClN2O/c16-12-5-3-11(4-6-12)14-7-13(17)8-18-15(14)19-9-10-1-2-10/h3-8,10H,1-2,9,17H2. The summed E-state index contributed by atoms with van der Waals surface area (Å²) in [5.41, 5.74) is 8.37. The van der Waals surface area contributed by atoms with Crippen LogP contribution in [0.15, 0.2) is 36.5 Å². The van der Waals surface area contributed by atoms with Gasteiger partial charge in [-0.1, -0.05) is 23.7 Å². The van der Waals surface area contributed by atoms with Gasteiger partial charge < -0.3 is 10.5 Å². The third-order valence-corrected chi connectivity index (χ3v) is 3.43. The Morgan fingerprint density at radius 3 is 2.68 bits per heavy atom.